The molecule has 0 radical (unpaired) electrons. The molecule has 19 heavy (non-hydrogen) atoms. The van der Waals surface area contributed by atoms with Gasteiger partial charge in [0, 0.05) is 39.3 Å². The number of piperidine rings is 1. The Bertz CT molecular complexity index is 458. The smallest absolute Gasteiger partial charge is 0.220 e. The summed E-state index contributed by atoms with van der Waals surface area (Å²) in [6.45, 7) is 2.75. The fraction of sp³-hybridized carbons (Fsp3) is 0.917. The second kappa shape index (κ2) is 5.03. The number of hydrogen-bond donors (Lipinski definition) is 1. The maximum Gasteiger partial charge on any atom is 0.220 e. The molecule has 7 heteroatoms. The van der Waals surface area contributed by atoms with Gasteiger partial charge in [0.1, 0.15) is 0 Å². The molecule has 0 bridgehead atoms. The monoisotopic (exact) mass is 288 g/mol. The first-order chi connectivity index (χ1) is 9.07. The fourth-order valence-electron chi connectivity index (χ4n) is 3.31. The Morgan fingerprint density at radius 2 is 1.84 bits per heavy atom. The number of fused-ring (bicyclic) bond motifs is 1. The normalized spacial score (nSPS) is 34.0. The van der Waals surface area contributed by atoms with Crippen LogP contribution in [-0.2, 0) is 19.6 Å². The zero-order valence-corrected chi connectivity index (χ0v) is 11.7. The van der Waals surface area contributed by atoms with Crippen molar-refractivity contribution in [2.24, 2.45) is 11.8 Å². The lowest BCUT2D eigenvalue weighted by Crippen LogP contribution is -2.40. The Balaban J connectivity index is 1.71. The van der Waals surface area contributed by atoms with E-state index in [4.69, 9.17) is 4.74 Å². The third kappa shape index (κ3) is 2.51. The van der Waals surface area contributed by atoms with E-state index < -0.39 is 10.0 Å². The zero-order chi connectivity index (χ0) is 13.5. The highest BCUT2D eigenvalue weighted by atomic mass is 32.2. The molecule has 0 aromatic heterocycles. The third-order valence-corrected chi connectivity index (χ3v) is 6.83. The van der Waals surface area contributed by atoms with Crippen LogP contribution in [0.15, 0.2) is 0 Å². The van der Waals surface area contributed by atoms with E-state index in [-0.39, 0.29) is 23.0 Å². The van der Waals surface area contributed by atoms with Gasteiger partial charge in [-0.2, -0.15) is 0 Å². The minimum absolute atomic E-state index is 0.0477. The fourth-order valence-corrected chi connectivity index (χ4v) is 5.31. The Morgan fingerprint density at radius 3 is 2.58 bits per heavy atom. The maximum absolute atomic E-state index is 12.6. The lowest BCUT2D eigenvalue weighted by molar-refractivity contribution is -0.124. The average molecular weight is 288 g/mol. The van der Waals surface area contributed by atoms with E-state index in [1.165, 1.54) is 0 Å². The molecule has 2 atom stereocenters. The Morgan fingerprint density at radius 1 is 1.16 bits per heavy atom. The molecule has 0 aromatic rings. The van der Waals surface area contributed by atoms with Crippen LogP contribution in [0, 0.1) is 11.8 Å². The van der Waals surface area contributed by atoms with Crippen molar-refractivity contribution < 1.29 is 17.9 Å². The molecule has 6 nitrogen and oxygen atoms in total. The van der Waals surface area contributed by atoms with Gasteiger partial charge in [0.2, 0.25) is 15.9 Å². The van der Waals surface area contributed by atoms with Gasteiger partial charge in [-0.15, -0.1) is 0 Å². The molecule has 3 heterocycles. The molecule has 3 aliphatic rings. The lowest BCUT2D eigenvalue weighted by Gasteiger charge is -2.27. The first kappa shape index (κ1) is 13.3. The van der Waals surface area contributed by atoms with Crippen molar-refractivity contribution in [3.63, 3.8) is 0 Å². The number of sulfonamides is 1. The van der Waals surface area contributed by atoms with Crippen LogP contribution in [0.5, 0.6) is 0 Å². The standard InChI is InChI=1S/C12H20N2O4S/c15-12-5-9-7-14(8-10(9)6-13-12)19(16,17)11-1-3-18-4-2-11/h9-11H,1-8H2,(H,13,15)/t9-,10+/m1/s1. The van der Waals surface area contributed by atoms with E-state index in [1.54, 1.807) is 4.31 Å². The van der Waals surface area contributed by atoms with E-state index in [2.05, 4.69) is 5.32 Å². The topological polar surface area (TPSA) is 75.7 Å². The molecule has 3 rings (SSSR count). The van der Waals surface area contributed by atoms with Gasteiger partial charge in [-0.25, -0.2) is 12.7 Å². The quantitative estimate of drug-likeness (QED) is 0.747. The van der Waals surface area contributed by atoms with Gasteiger partial charge in [-0.3, -0.25) is 4.79 Å². The molecule has 1 N–H and O–H groups in total. The number of carbonyl (C=O) groups is 1. The van der Waals surface area contributed by atoms with Crippen LogP contribution in [0.1, 0.15) is 19.3 Å². The number of amides is 1. The zero-order valence-electron chi connectivity index (χ0n) is 10.9. The van der Waals surface area contributed by atoms with Gasteiger partial charge in [-0.1, -0.05) is 0 Å². The molecule has 0 aliphatic carbocycles. The lowest BCUT2D eigenvalue weighted by atomic mass is 9.89. The van der Waals surface area contributed by atoms with Gasteiger partial charge in [0.05, 0.1) is 5.25 Å². The SMILES string of the molecule is O=C1C[C@@H]2CN(S(=O)(=O)C3CCOCC3)C[C@@H]2CN1. The Kier molecular flexibility index (Phi) is 3.53. The minimum Gasteiger partial charge on any atom is -0.381 e. The highest BCUT2D eigenvalue weighted by molar-refractivity contribution is 7.89. The molecule has 0 saturated carbocycles. The van der Waals surface area contributed by atoms with E-state index >= 15 is 0 Å². The molecular formula is C12H20N2O4S. The number of ether oxygens (including phenoxy) is 1. The van der Waals surface area contributed by atoms with Gasteiger partial charge in [0.15, 0.2) is 0 Å². The molecule has 0 unspecified atom stereocenters. The predicted molar refractivity (Wildman–Crippen MR) is 68.9 cm³/mol. The first-order valence-electron chi connectivity index (χ1n) is 6.91. The molecule has 3 saturated heterocycles. The van der Waals surface area contributed by atoms with Crippen molar-refractivity contribution in [2.45, 2.75) is 24.5 Å². The van der Waals surface area contributed by atoms with Crippen LogP contribution < -0.4 is 5.32 Å². The third-order valence-electron chi connectivity index (χ3n) is 4.50. The summed E-state index contributed by atoms with van der Waals surface area (Å²) in [5.41, 5.74) is 0. The molecular weight excluding hydrogens is 268 g/mol. The van der Waals surface area contributed by atoms with E-state index in [0.29, 0.717) is 52.1 Å². The minimum atomic E-state index is -3.22. The van der Waals surface area contributed by atoms with Gasteiger partial charge < -0.3 is 10.1 Å². The Hall–Kier alpha value is -0.660. The number of rotatable bonds is 2. The van der Waals surface area contributed by atoms with E-state index in [0.717, 1.165) is 0 Å². The molecule has 0 spiro atoms. The highest BCUT2D eigenvalue weighted by Gasteiger charge is 2.44. The van der Waals surface area contributed by atoms with Crippen LogP contribution in [0.2, 0.25) is 0 Å². The summed E-state index contributed by atoms with van der Waals surface area (Å²) in [6.07, 6.45) is 1.64. The highest BCUT2D eigenvalue weighted by Crippen LogP contribution is 2.32. The summed E-state index contributed by atoms with van der Waals surface area (Å²) >= 11 is 0. The van der Waals surface area contributed by atoms with Crippen LogP contribution in [-0.4, -0.2) is 56.7 Å². The van der Waals surface area contributed by atoms with Gasteiger partial charge in [0.25, 0.3) is 0 Å². The summed E-state index contributed by atoms with van der Waals surface area (Å²) in [5, 5.41) is 2.52. The van der Waals surface area contributed by atoms with Crippen LogP contribution in [0.3, 0.4) is 0 Å². The van der Waals surface area contributed by atoms with Crippen molar-refractivity contribution in [3.05, 3.63) is 0 Å². The largest absolute Gasteiger partial charge is 0.381 e. The first-order valence-corrected chi connectivity index (χ1v) is 8.41. The van der Waals surface area contributed by atoms with Crippen molar-refractivity contribution in [2.75, 3.05) is 32.8 Å². The van der Waals surface area contributed by atoms with Crippen molar-refractivity contribution >= 4 is 15.9 Å². The summed E-state index contributed by atoms with van der Waals surface area (Å²) in [6, 6.07) is 0. The molecule has 108 valence electrons. The number of nitrogens with one attached hydrogen (secondary N) is 1. The van der Waals surface area contributed by atoms with Crippen molar-refractivity contribution in [1.82, 2.24) is 9.62 Å². The van der Waals surface area contributed by atoms with Gasteiger partial charge in [-0.05, 0) is 24.7 Å². The number of nitrogens with zero attached hydrogens (tertiary/aromatic N) is 1. The summed E-state index contributed by atoms with van der Waals surface area (Å²) < 4.78 is 32.0. The Labute approximate surface area is 113 Å². The molecule has 0 aromatic carbocycles. The summed E-state index contributed by atoms with van der Waals surface area (Å²) in [7, 11) is -3.22. The van der Waals surface area contributed by atoms with Crippen molar-refractivity contribution in [1.29, 1.82) is 0 Å². The van der Waals surface area contributed by atoms with Crippen molar-refractivity contribution in [3.8, 4) is 0 Å². The maximum atomic E-state index is 12.6. The molecule has 3 fully saturated rings. The van der Waals surface area contributed by atoms with E-state index in [9.17, 15) is 13.2 Å². The van der Waals surface area contributed by atoms with Crippen LogP contribution >= 0.6 is 0 Å². The average Bonchev–Trinajstić information content (AvgIpc) is 2.83. The summed E-state index contributed by atoms with van der Waals surface area (Å²) in [4.78, 5) is 11.4. The predicted octanol–water partition coefficient (Wildman–Crippen LogP) is -0.437. The van der Waals surface area contributed by atoms with Gasteiger partial charge >= 0.3 is 0 Å². The molecule has 3 aliphatic heterocycles. The van der Waals surface area contributed by atoms with E-state index in [1.807, 2.05) is 0 Å². The van der Waals surface area contributed by atoms with Crippen LogP contribution in [0.4, 0.5) is 0 Å². The number of carbonyl (C=O) groups excluding carboxylic acids is 1. The van der Waals surface area contributed by atoms with Crippen LogP contribution in [0.25, 0.3) is 0 Å². The second-order valence-electron chi connectivity index (χ2n) is 5.70. The second-order valence-corrected chi connectivity index (χ2v) is 7.92. The summed E-state index contributed by atoms with van der Waals surface area (Å²) in [5.74, 6) is 0.530. The molecule has 1 amide bonds. The number of hydrogen-bond acceptors (Lipinski definition) is 4.